The first-order chi connectivity index (χ1) is 15.4. The van der Waals surface area contributed by atoms with Crippen molar-refractivity contribution in [3.63, 3.8) is 0 Å². The van der Waals surface area contributed by atoms with Crippen molar-refractivity contribution in [3.8, 4) is 11.5 Å². The number of aromatic hydroxyl groups is 1. The fraction of sp³-hybridized carbons (Fsp3) is 0.174. The first kappa shape index (κ1) is 23.4. The molecule has 3 N–H and O–H groups in total. The van der Waals surface area contributed by atoms with Crippen LogP contribution in [-0.4, -0.2) is 40.2 Å². The molecule has 2 aromatic carbocycles. The van der Waals surface area contributed by atoms with Crippen molar-refractivity contribution in [2.75, 3.05) is 17.7 Å². The third-order valence-corrected chi connectivity index (χ3v) is 6.48. The molecule has 0 spiro atoms. The molecule has 1 aromatic heterocycles. The highest BCUT2D eigenvalue weighted by atomic mass is 32.2. The molecule has 0 bridgehead atoms. The second-order valence-corrected chi connectivity index (χ2v) is 8.86. The Morgan fingerprint density at radius 1 is 1.09 bits per heavy atom. The van der Waals surface area contributed by atoms with Crippen molar-refractivity contribution in [3.05, 3.63) is 70.6 Å². The van der Waals surface area contributed by atoms with Gasteiger partial charge in [0.2, 0.25) is 5.91 Å². The summed E-state index contributed by atoms with van der Waals surface area (Å²) in [4.78, 5) is 37.8. The molecule has 0 radical (unpaired) electrons. The molecule has 1 heterocycles. The maximum Gasteiger partial charge on any atom is 0.341 e. The fourth-order valence-corrected chi connectivity index (χ4v) is 4.51. The number of hydrogen-bond donors (Lipinski definition) is 3. The molecule has 32 heavy (non-hydrogen) atoms. The fourth-order valence-electron chi connectivity index (χ4n) is 2.76. The molecule has 166 valence electrons. The minimum absolute atomic E-state index is 0.0732. The van der Waals surface area contributed by atoms with Crippen LogP contribution >= 0.6 is 23.1 Å². The van der Waals surface area contributed by atoms with Gasteiger partial charge < -0.3 is 20.3 Å². The van der Waals surface area contributed by atoms with Gasteiger partial charge in [0.15, 0.2) is 12.4 Å². The largest absolute Gasteiger partial charge is 0.508 e. The van der Waals surface area contributed by atoms with Gasteiger partial charge in [0.05, 0.1) is 11.3 Å². The predicted octanol–water partition coefficient (Wildman–Crippen LogP) is 4.44. The number of carboxylic acid groups (broad SMARTS) is 1. The summed E-state index contributed by atoms with van der Waals surface area (Å²) < 4.78 is 5.15. The molecule has 0 fully saturated rings. The number of phenolic OH excluding ortho intramolecular Hbond substituents is 1. The Labute approximate surface area is 193 Å². The SMILES string of the molecule is CCc1cc(C(=O)c2ccc(O)cc2)c(NC(=O)CSc2cccc(OCC(=O)O)c2)s1. The van der Waals surface area contributed by atoms with E-state index in [4.69, 9.17) is 9.84 Å². The summed E-state index contributed by atoms with van der Waals surface area (Å²) in [5, 5.41) is 21.5. The number of ketones is 1. The number of amides is 1. The van der Waals surface area contributed by atoms with E-state index in [1.54, 1.807) is 42.5 Å². The lowest BCUT2D eigenvalue weighted by Crippen LogP contribution is -2.15. The van der Waals surface area contributed by atoms with E-state index in [2.05, 4.69) is 5.32 Å². The number of anilines is 1. The van der Waals surface area contributed by atoms with E-state index in [9.17, 15) is 19.5 Å². The van der Waals surface area contributed by atoms with E-state index in [-0.39, 0.29) is 23.2 Å². The van der Waals surface area contributed by atoms with Crippen molar-refractivity contribution < 1.29 is 29.3 Å². The van der Waals surface area contributed by atoms with Gasteiger partial charge in [-0.1, -0.05) is 13.0 Å². The molecule has 0 saturated heterocycles. The second kappa shape index (κ2) is 10.8. The third kappa shape index (κ3) is 6.35. The van der Waals surface area contributed by atoms with E-state index in [0.717, 1.165) is 16.2 Å². The minimum Gasteiger partial charge on any atom is -0.508 e. The Hall–Kier alpha value is -3.30. The summed E-state index contributed by atoms with van der Waals surface area (Å²) in [5.41, 5.74) is 0.839. The van der Waals surface area contributed by atoms with Crippen LogP contribution in [0.4, 0.5) is 5.00 Å². The molecular formula is C23H21NO6S2. The highest BCUT2D eigenvalue weighted by molar-refractivity contribution is 8.00. The van der Waals surface area contributed by atoms with Gasteiger partial charge in [-0.05, 0) is 55.0 Å². The number of benzene rings is 2. The average molecular weight is 472 g/mol. The van der Waals surface area contributed by atoms with Gasteiger partial charge in [-0.15, -0.1) is 23.1 Å². The number of carboxylic acids is 1. The van der Waals surface area contributed by atoms with Crippen LogP contribution in [0.3, 0.4) is 0 Å². The number of hydrogen-bond acceptors (Lipinski definition) is 7. The number of ether oxygens (including phenoxy) is 1. The zero-order chi connectivity index (χ0) is 23.1. The smallest absolute Gasteiger partial charge is 0.341 e. The molecule has 0 aliphatic carbocycles. The number of carbonyl (C=O) groups is 3. The van der Waals surface area contributed by atoms with Gasteiger partial charge in [0, 0.05) is 15.3 Å². The summed E-state index contributed by atoms with van der Waals surface area (Å²) in [6.45, 7) is 1.53. The van der Waals surface area contributed by atoms with Crippen LogP contribution < -0.4 is 10.1 Å². The number of carbonyl (C=O) groups excluding carboxylic acids is 2. The second-order valence-electron chi connectivity index (χ2n) is 6.68. The van der Waals surface area contributed by atoms with Crippen molar-refractivity contribution in [1.29, 1.82) is 0 Å². The zero-order valence-corrected chi connectivity index (χ0v) is 18.8. The van der Waals surface area contributed by atoms with Gasteiger partial charge in [-0.2, -0.15) is 0 Å². The highest BCUT2D eigenvalue weighted by Crippen LogP contribution is 2.31. The Morgan fingerprint density at radius 3 is 2.53 bits per heavy atom. The summed E-state index contributed by atoms with van der Waals surface area (Å²) in [7, 11) is 0. The van der Waals surface area contributed by atoms with Crippen LogP contribution in [0, 0.1) is 0 Å². The molecular weight excluding hydrogens is 450 g/mol. The van der Waals surface area contributed by atoms with Crippen molar-refractivity contribution in [1.82, 2.24) is 0 Å². The van der Waals surface area contributed by atoms with Crippen LogP contribution in [0.25, 0.3) is 0 Å². The lowest BCUT2D eigenvalue weighted by Gasteiger charge is -2.08. The van der Waals surface area contributed by atoms with Crippen LogP contribution in [0.2, 0.25) is 0 Å². The normalized spacial score (nSPS) is 10.5. The van der Waals surface area contributed by atoms with E-state index < -0.39 is 12.6 Å². The van der Waals surface area contributed by atoms with Gasteiger partial charge in [0.25, 0.3) is 0 Å². The van der Waals surface area contributed by atoms with E-state index in [0.29, 0.717) is 21.9 Å². The average Bonchev–Trinajstić information content (AvgIpc) is 3.19. The third-order valence-electron chi connectivity index (χ3n) is 4.30. The minimum atomic E-state index is -1.07. The van der Waals surface area contributed by atoms with Crippen LogP contribution in [0.1, 0.15) is 27.7 Å². The Kier molecular flexibility index (Phi) is 7.91. The maximum atomic E-state index is 12.9. The molecule has 0 aliphatic rings. The molecule has 0 saturated carbocycles. The molecule has 1 amide bonds. The molecule has 3 rings (SSSR count). The Balaban J connectivity index is 1.67. The van der Waals surface area contributed by atoms with Gasteiger partial charge in [-0.3, -0.25) is 9.59 Å². The number of rotatable bonds is 10. The first-order valence-electron chi connectivity index (χ1n) is 9.69. The van der Waals surface area contributed by atoms with Crippen LogP contribution in [0.15, 0.2) is 59.5 Å². The van der Waals surface area contributed by atoms with Gasteiger partial charge in [-0.25, -0.2) is 4.79 Å². The number of thioether (sulfide) groups is 1. The topological polar surface area (TPSA) is 113 Å². The van der Waals surface area contributed by atoms with E-state index in [1.165, 1.54) is 35.2 Å². The highest BCUT2D eigenvalue weighted by Gasteiger charge is 2.19. The summed E-state index contributed by atoms with van der Waals surface area (Å²) in [5.74, 6) is -0.977. The summed E-state index contributed by atoms with van der Waals surface area (Å²) in [6.07, 6.45) is 0.730. The molecule has 0 atom stereocenters. The molecule has 0 aliphatic heterocycles. The number of aryl methyl sites for hydroxylation is 1. The lowest BCUT2D eigenvalue weighted by atomic mass is 10.0. The monoisotopic (exact) mass is 471 g/mol. The van der Waals surface area contributed by atoms with Crippen molar-refractivity contribution in [2.24, 2.45) is 0 Å². The Bertz CT molecular complexity index is 1120. The van der Waals surface area contributed by atoms with Crippen LogP contribution in [0.5, 0.6) is 11.5 Å². The number of nitrogens with one attached hydrogen (secondary N) is 1. The number of phenols is 1. The summed E-state index contributed by atoms with van der Waals surface area (Å²) >= 11 is 2.63. The zero-order valence-electron chi connectivity index (χ0n) is 17.2. The quantitative estimate of drug-likeness (QED) is 0.296. The molecule has 9 heteroatoms. The van der Waals surface area contributed by atoms with E-state index in [1.807, 2.05) is 6.92 Å². The van der Waals surface area contributed by atoms with E-state index >= 15 is 0 Å². The molecule has 0 unspecified atom stereocenters. The first-order valence-corrected chi connectivity index (χ1v) is 11.5. The predicted molar refractivity (Wildman–Crippen MR) is 124 cm³/mol. The lowest BCUT2D eigenvalue weighted by molar-refractivity contribution is -0.139. The standard InChI is InChI=1S/C23H21NO6S2/c1-2-17-11-19(22(29)14-6-8-15(25)9-7-14)23(32-17)24-20(26)13-31-18-5-3-4-16(10-18)30-12-21(27)28/h3-11,25H,2,12-13H2,1H3,(H,24,26)(H,27,28). The Morgan fingerprint density at radius 2 is 1.84 bits per heavy atom. The molecule has 7 nitrogen and oxygen atoms in total. The van der Waals surface area contributed by atoms with Crippen LogP contribution in [-0.2, 0) is 16.0 Å². The van der Waals surface area contributed by atoms with Gasteiger partial charge in [0.1, 0.15) is 16.5 Å². The van der Waals surface area contributed by atoms with Gasteiger partial charge >= 0.3 is 5.97 Å². The number of thiophene rings is 1. The molecule has 3 aromatic rings. The number of aliphatic carboxylic acids is 1. The van der Waals surface area contributed by atoms with Crippen molar-refractivity contribution >= 4 is 45.8 Å². The summed E-state index contributed by atoms with van der Waals surface area (Å²) in [6, 6.07) is 14.6. The van der Waals surface area contributed by atoms with Crippen molar-refractivity contribution in [2.45, 2.75) is 18.2 Å². The maximum absolute atomic E-state index is 12.9.